The minimum absolute atomic E-state index is 0.0254. The molecule has 0 unspecified atom stereocenters. The number of halogens is 3. The van der Waals surface area contributed by atoms with Crippen molar-refractivity contribution in [1.29, 1.82) is 0 Å². The van der Waals surface area contributed by atoms with E-state index in [1.165, 1.54) is 30.5 Å². The summed E-state index contributed by atoms with van der Waals surface area (Å²) in [5, 5.41) is 8.81. The maximum atomic E-state index is 12.9. The van der Waals surface area contributed by atoms with E-state index < -0.39 is 17.6 Å². The van der Waals surface area contributed by atoms with Crippen LogP contribution in [0.4, 0.5) is 18.9 Å². The van der Waals surface area contributed by atoms with Gasteiger partial charge >= 0.3 is 6.18 Å². The van der Waals surface area contributed by atoms with Crippen molar-refractivity contribution >= 4 is 22.9 Å². The van der Waals surface area contributed by atoms with Crippen LogP contribution in [0.5, 0.6) is 0 Å². The summed E-state index contributed by atoms with van der Waals surface area (Å²) in [4.78, 5) is 12.1. The van der Waals surface area contributed by atoms with E-state index in [1.54, 1.807) is 0 Å². The molecule has 1 heterocycles. The molecule has 1 aromatic heterocycles. The third-order valence-electron chi connectivity index (χ3n) is 2.90. The lowest BCUT2D eigenvalue weighted by Crippen LogP contribution is -2.24. The SMILES string of the molecule is CNc1c(C(=O)NCc2ccsc2)cccc1C(F)(F)F. The van der Waals surface area contributed by atoms with Gasteiger partial charge in [-0.1, -0.05) is 6.07 Å². The molecule has 0 aliphatic carbocycles. The quantitative estimate of drug-likeness (QED) is 0.902. The monoisotopic (exact) mass is 314 g/mol. The first kappa shape index (κ1) is 15.4. The molecule has 2 aromatic rings. The van der Waals surface area contributed by atoms with E-state index in [0.717, 1.165) is 11.6 Å². The Balaban J connectivity index is 2.24. The van der Waals surface area contributed by atoms with E-state index in [4.69, 9.17) is 0 Å². The average Bonchev–Trinajstić information content (AvgIpc) is 2.96. The number of rotatable bonds is 4. The van der Waals surface area contributed by atoms with Crippen molar-refractivity contribution < 1.29 is 18.0 Å². The Morgan fingerprint density at radius 1 is 1.29 bits per heavy atom. The van der Waals surface area contributed by atoms with Crippen molar-refractivity contribution in [1.82, 2.24) is 5.32 Å². The van der Waals surface area contributed by atoms with Gasteiger partial charge < -0.3 is 10.6 Å². The lowest BCUT2D eigenvalue weighted by atomic mass is 10.1. The van der Waals surface area contributed by atoms with Crippen LogP contribution < -0.4 is 10.6 Å². The van der Waals surface area contributed by atoms with Gasteiger partial charge in [0.05, 0.1) is 16.8 Å². The van der Waals surface area contributed by atoms with Crippen molar-refractivity contribution in [3.8, 4) is 0 Å². The number of carbonyl (C=O) groups is 1. The summed E-state index contributed by atoms with van der Waals surface area (Å²) in [6.45, 7) is 0.279. The van der Waals surface area contributed by atoms with Gasteiger partial charge in [-0.2, -0.15) is 24.5 Å². The number of carbonyl (C=O) groups excluding carboxylic acids is 1. The number of thiophene rings is 1. The van der Waals surface area contributed by atoms with Gasteiger partial charge in [0.25, 0.3) is 5.91 Å². The van der Waals surface area contributed by atoms with Crippen molar-refractivity contribution in [2.45, 2.75) is 12.7 Å². The molecule has 2 rings (SSSR count). The van der Waals surface area contributed by atoms with E-state index >= 15 is 0 Å². The zero-order valence-corrected chi connectivity index (χ0v) is 11.9. The van der Waals surface area contributed by atoms with Crippen LogP contribution in [0.3, 0.4) is 0 Å². The highest BCUT2D eigenvalue weighted by Gasteiger charge is 2.34. The summed E-state index contributed by atoms with van der Waals surface area (Å²) in [6.07, 6.45) is -4.51. The molecule has 0 bridgehead atoms. The molecule has 3 nitrogen and oxygen atoms in total. The topological polar surface area (TPSA) is 41.1 Å². The van der Waals surface area contributed by atoms with Crippen molar-refractivity contribution in [3.63, 3.8) is 0 Å². The fourth-order valence-corrected chi connectivity index (χ4v) is 2.59. The first-order valence-electron chi connectivity index (χ1n) is 6.10. The zero-order valence-electron chi connectivity index (χ0n) is 11.1. The molecule has 0 spiro atoms. The standard InChI is InChI=1S/C14H13F3N2OS/c1-18-12-10(3-2-4-11(12)14(15,16)17)13(20)19-7-9-5-6-21-8-9/h2-6,8,18H,7H2,1H3,(H,19,20). The van der Waals surface area contributed by atoms with Crippen LogP contribution in [-0.4, -0.2) is 13.0 Å². The zero-order chi connectivity index (χ0) is 15.5. The minimum atomic E-state index is -4.51. The van der Waals surface area contributed by atoms with Crippen LogP contribution in [0.25, 0.3) is 0 Å². The summed E-state index contributed by atoms with van der Waals surface area (Å²) in [6, 6.07) is 5.38. The van der Waals surface area contributed by atoms with Crippen molar-refractivity contribution in [2.75, 3.05) is 12.4 Å². The Kier molecular flexibility index (Phi) is 4.52. The number of nitrogens with one attached hydrogen (secondary N) is 2. The second-order valence-electron chi connectivity index (χ2n) is 4.29. The fraction of sp³-hybridized carbons (Fsp3) is 0.214. The number of benzene rings is 1. The van der Waals surface area contributed by atoms with Crippen LogP contribution in [-0.2, 0) is 12.7 Å². The largest absolute Gasteiger partial charge is 0.418 e. The van der Waals surface area contributed by atoms with Gasteiger partial charge in [0.2, 0.25) is 0 Å². The van der Waals surface area contributed by atoms with E-state index in [-0.39, 0.29) is 17.8 Å². The molecule has 0 radical (unpaired) electrons. The lowest BCUT2D eigenvalue weighted by Gasteiger charge is -2.16. The molecule has 2 N–H and O–H groups in total. The van der Waals surface area contributed by atoms with Crippen LogP contribution in [0.15, 0.2) is 35.0 Å². The summed E-state index contributed by atoms with van der Waals surface area (Å²) in [5.41, 5.74) is -0.185. The third kappa shape index (κ3) is 3.55. The van der Waals surface area contributed by atoms with Gasteiger partial charge in [-0.05, 0) is 34.5 Å². The molecule has 0 aliphatic heterocycles. The van der Waals surface area contributed by atoms with E-state index in [9.17, 15) is 18.0 Å². The van der Waals surface area contributed by atoms with Gasteiger partial charge in [-0.15, -0.1) is 0 Å². The molecule has 21 heavy (non-hydrogen) atoms. The Bertz CT molecular complexity index is 624. The van der Waals surface area contributed by atoms with Crippen molar-refractivity contribution in [2.24, 2.45) is 0 Å². The molecule has 1 amide bonds. The highest BCUT2D eigenvalue weighted by molar-refractivity contribution is 7.07. The smallest absolute Gasteiger partial charge is 0.387 e. The number of amides is 1. The summed E-state index contributed by atoms with van der Waals surface area (Å²) in [5.74, 6) is -0.545. The van der Waals surface area contributed by atoms with Crippen LogP contribution in [0.1, 0.15) is 21.5 Å². The molecule has 0 saturated carbocycles. The Hall–Kier alpha value is -2.02. The number of hydrogen-bond acceptors (Lipinski definition) is 3. The second kappa shape index (κ2) is 6.17. The Labute approximate surface area is 123 Å². The second-order valence-corrected chi connectivity index (χ2v) is 5.07. The van der Waals surface area contributed by atoms with Gasteiger partial charge in [0.1, 0.15) is 0 Å². The molecule has 0 saturated heterocycles. The van der Waals surface area contributed by atoms with E-state index in [0.29, 0.717) is 0 Å². The van der Waals surface area contributed by atoms with Crippen molar-refractivity contribution in [3.05, 3.63) is 51.7 Å². The first-order chi connectivity index (χ1) is 9.93. The predicted molar refractivity (Wildman–Crippen MR) is 76.5 cm³/mol. The molecule has 112 valence electrons. The van der Waals surface area contributed by atoms with E-state index in [2.05, 4.69) is 10.6 Å². The highest BCUT2D eigenvalue weighted by Crippen LogP contribution is 2.36. The van der Waals surface area contributed by atoms with Crippen LogP contribution >= 0.6 is 11.3 Å². The summed E-state index contributed by atoms with van der Waals surface area (Å²) in [7, 11) is 1.36. The van der Waals surface area contributed by atoms with Crippen LogP contribution in [0, 0.1) is 0 Å². The maximum absolute atomic E-state index is 12.9. The summed E-state index contributed by atoms with van der Waals surface area (Å²) >= 11 is 1.49. The van der Waals surface area contributed by atoms with Gasteiger partial charge in [0, 0.05) is 13.6 Å². The maximum Gasteiger partial charge on any atom is 0.418 e. The molecular formula is C14H13F3N2OS. The Morgan fingerprint density at radius 2 is 2.05 bits per heavy atom. The molecule has 0 aliphatic rings. The fourth-order valence-electron chi connectivity index (χ4n) is 1.92. The first-order valence-corrected chi connectivity index (χ1v) is 7.05. The molecule has 0 fully saturated rings. The van der Waals surface area contributed by atoms with Gasteiger partial charge in [-0.3, -0.25) is 4.79 Å². The number of alkyl halides is 3. The van der Waals surface area contributed by atoms with Gasteiger partial charge in [0.15, 0.2) is 0 Å². The minimum Gasteiger partial charge on any atom is -0.387 e. The number of para-hydroxylation sites is 1. The normalized spacial score (nSPS) is 11.2. The van der Waals surface area contributed by atoms with E-state index in [1.807, 2.05) is 16.8 Å². The third-order valence-corrected chi connectivity index (χ3v) is 3.63. The highest BCUT2D eigenvalue weighted by atomic mass is 32.1. The number of hydrogen-bond donors (Lipinski definition) is 2. The molecule has 1 aromatic carbocycles. The predicted octanol–water partition coefficient (Wildman–Crippen LogP) is 3.74. The average molecular weight is 314 g/mol. The lowest BCUT2D eigenvalue weighted by molar-refractivity contribution is -0.136. The van der Waals surface area contributed by atoms with Gasteiger partial charge in [-0.25, -0.2) is 0 Å². The number of anilines is 1. The molecular weight excluding hydrogens is 301 g/mol. The van der Waals surface area contributed by atoms with Crippen LogP contribution in [0.2, 0.25) is 0 Å². The molecule has 7 heteroatoms. The molecule has 0 atom stereocenters. The Morgan fingerprint density at radius 3 is 2.62 bits per heavy atom. The summed E-state index contributed by atoms with van der Waals surface area (Å²) < 4.78 is 38.8.